The van der Waals surface area contributed by atoms with E-state index in [2.05, 4.69) is 21.0 Å². The van der Waals surface area contributed by atoms with Crippen LogP contribution in [0.25, 0.3) is 0 Å². The predicted molar refractivity (Wildman–Crippen MR) is 87.0 cm³/mol. The third-order valence-electron chi connectivity index (χ3n) is 4.08. The van der Waals surface area contributed by atoms with E-state index < -0.39 is 12.0 Å². The quantitative estimate of drug-likeness (QED) is 0.890. The van der Waals surface area contributed by atoms with E-state index in [9.17, 15) is 14.7 Å². The minimum atomic E-state index is -0.998. The molecule has 1 amide bonds. The van der Waals surface area contributed by atoms with Crippen molar-refractivity contribution in [1.82, 2.24) is 14.7 Å². The van der Waals surface area contributed by atoms with E-state index in [1.165, 1.54) is 11.1 Å². The Balaban J connectivity index is 1.96. The molecule has 0 radical (unpaired) electrons. The van der Waals surface area contributed by atoms with Crippen LogP contribution >= 0.6 is 15.9 Å². The second-order valence-corrected chi connectivity index (χ2v) is 6.31. The van der Waals surface area contributed by atoms with Crippen LogP contribution in [0.3, 0.4) is 0 Å². The molecule has 23 heavy (non-hydrogen) atoms. The molecular formula is C16H16BrN3O3. The highest BCUT2D eigenvalue weighted by Crippen LogP contribution is 2.30. The minimum absolute atomic E-state index is 0.280. The van der Waals surface area contributed by atoms with Gasteiger partial charge in [0.05, 0.1) is 11.8 Å². The van der Waals surface area contributed by atoms with Crippen molar-refractivity contribution < 1.29 is 14.7 Å². The highest BCUT2D eigenvalue weighted by Gasteiger charge is 2.36. The lowest BCUT2D eigenvalue weighted by Gasteiger charge is -2.34. The predicted octanol–water partition coefficient (Wildman–Crippen LogP) is 2.32. The lowest BCUT2D eigenvalue weighted by molar-refractivity contribution is -0.142. The maximum absolute atomic E-state index is 12.7. The lowest BCUT2D eigenvalue weighted by Crippen LogP contribution is -2.48. The summed E-state index contributed by atoms with van der Waals surface area (Å²) in [6, 6.07) is 4.83. The van der Waals surface area contributed by atoms with Gasteiger partial charge in [0.15, 0.2) is 0 Å². The Kier molecular flexibility index (Phi) is 4.21. The van der Waals surface area contributed by atoms with Crippen LogP contribution < -0.4 is 0 Å². The van der Waals surface area contributed by atoms with Crippen molar-refractivity contribution in [3.63, 3.8) is 0 Å². The summed E-state index contributed by atoms with van der Waals surface area (Å²) in [6.07, 6.45) is 3.43. The third-order valence-corrected chi connectivity index (χ3v) is 4.82. The number of carboxylic acid groups (broad SMARTS) is 1. The topological polar surface area (TPSA) is 75.4 Å². The number of fused-ring (bicyclic) bond motifs is 1. The molecule has 0 saturated heterocycles. The summed E-state index contributed by atoms with van der Waals surface area (Å²) in [5, 5.41) is 13.6. The van der Waals surface area contributed by atoms with E-state index in [4.69, 9.17) is 0 Å². The zero-order chi connectivity index (χ0) is 16.6. The van der Waals surface area contributed by atoms with Gasteiger partial charge in [0.2, 0.25) is 0 Å². The largest absolute Gasteiger partial charge is 0.480 e. The molecule has 1 aromatic carbocycles. The first-order valence-corrected chi connectivity index (χ1v) is 8.13. The first-order valence-electron chi connectivity index (χ1n) is 7.33. The normalized spacial score (nSPS) is 17.0. The summed E-state index contributed by atoms with van der Waals surface area (Å²) in [6.45, 7) is 2.86. The summed E-state index contributed by atoms with van der Waals surface area (Å²) >= 11 is 3.46. The van der Waals surface area contributed by atoms with E-state index in [0.717, 1.165) is 15.6 Å². The SMILES string of the molecule is CCn1cc(C(=O)N2Cc3cccc(Br)c3CC2C(=O)O)cn1. The highest BCUT2D eigenvalue weighted by atomic mass is 79.9. The number of nitrogens with zero attached hydrogens (tertiary/aromatic N) is 3. The number of amides is 1. The van der Waals surface area contributed by atoms with Crippen LogP contribution in [0.2, 0.25) is 0 Å². The van der Waals surface area contributed by atoms with Gasteiger partial charge >= 0.3 is 5.97 Å². The average molecular weight is 378 g/mol. The minimum Gasteiger partial charge on any atom is -0.480 e. The summed E-state index contributed by atoms with van der Waals surface area (Å²) in [5.74, 6) is -1.30. The summed E-state index contributed by atoms with van der Waals surface area (Å²) < 4.78 is 2.53. The monoisotopic (exact) mass is 377 g/mol. The Bertz CT molecular complexity index is 772. The Hall–Kier alpha value is -2.15. The van der Waals surface area contributed by atoms with Gasteiger partial charge in [-0.1, -0.05) is 28.1 Å². The number of hydrogen-bond acceptors (Lipinski definition) is 3. The van der Waals surface area contributed by atoms with Crippen LogP contribution in [0.4, 0.5) is 0 Å². The van der Waals surface area contributed by atoms with Crippen LogP contribution in [-0.2, 0) is 24.3 Å². The van der Waals surface area contributed by atoms with Gasteiger partial charge in [-0.05, 0) is 24.1 Å². The van der Waals surface area contributed by atoms with Gasteiger partial charge < -0.3 is 10.0 Å². The Morgan fingerprint density at radius 2 is 2.22 bits per heavy atom. The first kappa shape index (κ1) is 15.7. The number of halogens is 1. The van der Waals surface area contributed by atoms with Crippen LogP contribution in [0, 0.1) is 0 Å². The lowest BCUT2D eigenvalue weighted by atomic mass is 9.93. The molecule has 7 heteroatoms. The van der Waals surface area contributed by atoms with Crippen molar-refractivity contribution in [3.8, 4) is 0 Å². The first-order chi connectivity index (χ1) is 11.0. The zero-order valence-electron chi connectivity index (χ0n) is 12.6. The van der Waals surface area contributed by atoms with Crippen LogP contribution in [0.5, 0.6) is 0 Å². The fourth-order valence-corrected chi connectivity index (χ4v) is 3.39. The number of carbonyl (C=O) groups is 2. The molecule has 2 aromatic rings. The number of carboxylic acids is 1. The fourth-order valence-electron chi connectivity index (χ4n) is 2.82. The smallest absolute Gasteiger partial charge is 0.326 e. The van der Waals surface area contributed by atoms with Crippen molar-refractivity contribution in [2.24, 2.45) is 0 Å². The molecule has 0 spiro atoms. The molecule has 3 rings (SSSR count). The molecule has 1 aliphatic rings. The summed E-state index contributed by atoms with van der Waals surface area (Å²) in [7, 11) is 0. The fraction of sp³-hybridized carbons (Fsp3) is 0.312. The van der Waals surface area contributed by atoms with Crippen molar-refractivity contribution in [2.75, 3.05) is 0 Å². The molecule has 0 fully saturated rings. The van der Waals surface area contributed by atoms with Crippen LogP contribution in [0.15, 0.2) is 35.1 Å². The van der Waals surface area contributed by atoms with E-state index >= 15 is 0 Å². The molecule has 1 aromatic heterocycles. The second kappa shape index (κ2) is 6.16. The molecule has 120 valence electrons. The van der Waals surface area contributed by atoms with Gasteiger partial charge in [-0.2, -0.15) is 5.10 Å². The van der Waals surface area contributed by atoms with Gasteiger partial charge in [0.25, 0.3) is 5.91 Å². The third kappa shape index (κ3) is 2.88. The number of benzene rings is 1. The second-order valence-electron chi connectivity index (χ2n) is 5.45. The van der Waals surface area contributed by atoms with Gasteiger partial charge in [-0.25, -0.2) is 4.79 Å². The number of rotatable bonds is 3. The number of aromatic nitrogens is 2. The van der Waals surface area contributed by atoms with Crippen molar-refractivity contribution in [1.29, 1.82) is 0 Å². The molecule has 1 aliphatic heterocycles. The molecule has 1 N–H and O–H groups in total. The van der Waals surface area contributed by atoms with E-state index in [-0.39, 0.29) is 12.5 Å². The van der Waals surface area contributed by atoms with Crippen molar-refractivity contribution >= 4 is 27.8 Å². The van der Waals surface area contributed by atoms with E-state index in [0.29, 0.717) is 18.5 Å². The molecule has 0 saturated carbocycles. The molecule has 1 unspecified atom stereocenters. The highest BCUT2D eigenvalue weighted by molar-refractivity contribution is 9.10. The Morgan fingerprint density at radius 1 is 1.43 bits per heavy atom. The average Bonchev–Trinajstić information content (AvgIpc) is 3.02. The van der Waals surface area contributed by atoms with Crippen molar-refractivity contribution in [3.05, 3.63) is 51.8 Å². The van der Waals surface area contributed by atoms with Crippen LogP contribution in [0.1, 0.15) is 28.4 Å². The molecule has 0 aliphatic carbocycles. The van der Waals surface area contributed by atoms with Gasteiger partial charge in [-0.3, -0.25) is 9.48 Å². The zero-order valence-corrected chi connectivity index (χ0v) is 14.2. The molecule has 6 nitrogen and oxygen atoms in total. The van der Waals surface area contributed by atoms with Crippen LogP contribution in [-0.4, -0.2) is 37.7 Å². The molecular weight excluding hydrogens is 362 g/mol. The number of aliphatic carboxylic acids is 1. The molecule has 2 heterocycles. The van der Waals surface area contributed by atoms with Gasteiger partial charge in [-0.15, -0.1) is 0 Å². The Labute approximate surface area is 141 Å². The summed E-state index contributed by atoms with van der Waals surface area (Å²) in [5.41, 5.74) is 2.33. The van der Waals surface area contributed by atoms with Gasteiger partial charge in [0, 0.05) is 30.2 Å². The molecule has 0 bridgehead atoms. The Morgan fingerprint density at radius 3 is 2.87 bits per heavy atom. The number of aryl methyl sites for hydroxylation is 1. The molecule has 1 atom stereocenters. The maximum atomic E-state index is 12.7. The van der Waals surface area contributed by atoms with E-state index in [1.54, 1.807) is 10.9 Å². The number of carbonyl (C=O) groups excluding carboxylic acids is 1. The number of hydrogen-bond donors (Lipinski definition) is 1. The standard InChI is InChI=1S/C16H16BrN3O3/c1-2-19-8-11(7-18-19)15(21)20-9-10-4-3-5-13(17)12(10)6-14(20)16(22)23/h3-5,7-8,14H,2,6,9H2,1H3,(H,22,23). The van der Waals surface area contributed by atoms with Gasteiger partial charge in [0.1, 0.15) is 6.04 Å². The van der Waals surface area contributed by atoms with Crippen molar-refractivity contribution in [2.45, 2.75) is 32.5 Å². The van der Waals surface area contributed by atoms with E-state index in [1.807, 2.05) is 25.1 Å². The maximum Gasteiger partial charge on any atom is 0.326 e. The summed E-state index contributed by atoms with van der Waals surface area (Å²) in [4.78, 5) is 25.8.